The number of hydrogen-bond acceptors (Lipinski definition) is 3. The quantitative estimate of drug-likeness (QED) is 0.862. The van der Waals surface area contributed by atoms with Crippen LogP contribution in [0.3, 0.4) is 0 Å². The van der Waals surface area contributed by atoms with Crippen LogP contribution in [0, 0.1) is 5.92 Å². The zero-order valence-corrected chi connectivity index (χ0v) is 12.9. The number of ether oxygens (including phenoxy) is 2. The minimum Gasteiger partial charge on any atom is -0.496 e. The van der Waals surface area contributed by atoms with Gasteiger partial charge in [0.15, 0.2) is 0 Å². The average molecular weight is 277 g/mol. The second-order valence-corrected chi connectivity index (χ2v) is 5.81. The van der Waals surface area contributed by atoms with Crippen molar-refractivity contribution in [3.05, 3.63) is 29.8 Å². The van der Waals surface area contributed by atoms with Gasteiger partial charge in [-0.25, -0.2) is 0 Å². The lowest BCUT2D eigenvalue weighted by Crippen LogP contribution is -2.28. The Hall–Kier alpha value is -1.06. The van der Waals surface area contributed by atoms with Crippen molar-refractivity contribution >= 4 is 0 Å². The normalized spacial score (nSPS) is 24.4. The molecule has 1 N–H and O–H groups in total. The van der Waals surface area contributed by atoms with E-state index in [2.05, 4.69) is 18.3 Å². The fraction of sp³-hybridized carbons (Fsp3) is 0.647. The predicted octanol–water partition coefficient (Wildman–Crippen LogP) is 3.55. The number of rotatable bonds is 6. The first-order valence-electron chi connectivity index (χ1n) is 7.66. The van der Waals surface area contributed by atoms with Gasteiger partial charge in [-0.3, -0.25) is 0 Å². The summed E-state index contributed by atoms with van der Waals surface area (Å²) in [6.07, 6.45) is 5.46. The maximum absolute atomic E-state index is 6.14. The van der Waals surface area contributed by atoms with E-state index in [9.17, 15) is 0 Å². The first-order valence-corrected chi connectivity index (χ1v) is 7.66. The molecule has 0 radical (unpaired) electrons. The standard InChI is InChI=1S/C17H27NO2/c1-13-7-6-8-14(11-13)20-12-16(18-2)15-9-4-5-10-17(15)19-3/h4-5,9-10,13-14,16,18H,6-8,11-12H2,1-3H3. The second-order valence-electron chi connectivity index (χ2n) is 5.81. The Bertz CT molecular complexity index is 408. The van der Waals surface area contributed by atoms with E-state index in [0.717, 1.165) is 11.7 Å². The number of para-hydroxylation sites is 1. The number of benzene rings is 1. The monoisotopic (exact) mass is 277 g/mol. The molecule has 1 aliphatic rings. The molecule has 0 aromatic heterocycles. The highest BCUT2D eigenvalue weighted by Crippen LogP contribution is 2.28. The molecule has 3 atom stereocenters. The summed E-state index contributed by atoms with van der Waals surface area (Å²) in [7, 11) is 3.69. The van der Waals surface area contributed by atoms with E-state index in [1.807, 2.05) is 25.2 Å². The molecule has 0 saturated heterocycles. The second kappa shape index (κ2) is 7.65. The largest absolute Gasteiger partial charge is 0.496 e. The smallest absolute Gasteiger partial charge is 0.123 e. The van der Waals surface area contributed by atoms with Crippen LogP contribution in [0.2, 0.25) is 0 Å². The summed E-state index contributed by atoms with van der Waals surface area (Å²) in [4.78, 5) is 0. The number of methoxy groups -OCH3 is 1. The van der Waals surface area contributed by atoms with Crippen molar-refractivity contribution in [2.75, 3.05) is 20.8 Å². The molecule has 1 aromatic rings. The number of nitrogens with one attached hydrogen (secondary N) is 1. The molecule has 0 heterocycles. The lowest BCUT2D eigenvalue weighted by atomic mass is 9.88. The fourth-order valence-electron chi connectivity index (χ4n) is 3.05. The van der Waals surface area contributed by atoms with Gasteiger partial charge in [-0.15, -0.1) is 0 Å². The third kappa shape index (κ3) is 3.97. The molecule has 112 valence electrons. The molecule has 0 bridgehead atoms. The topological polar surface area (TPSA) is 30.5 Å². The summed E-state index contributed by atoms with van der Waals surface area (Å²) in [5.41, 5.74) is 1.17. The third-order valence-electron chi connectivity index (χ3n) is 4.25. The zero-order valence-electron chi connectivity index (χ0n) is 12.9. The maximum atomic E-state index is 6.14. The van der Waals surface area contributed by atoms with Gasteiger partial charge in [-0.2, -0.15) is 0 Å². The van der Waals surface area contributed by atoms with Crippen molar-refractivity contribution in [1.82, 2.24) is 5.32 Å². The number of hydrogen-bond donors (Lipinski definition) is 1. The van der Waals surface area contributed by atoms with Gasteiger partial charge in [0.2, 0.25) is 0 Å². The molecule has 1 saturated carbocycles. The summed E-state index contributed by atoms with van der Waals surface area (Å²) in [6.45, 7) is 3.03. The van der Waals surface area contributed by atoms with Gasteiger partial charge in [-0.05, 0) is 31.9 Å². The van der Waals surface area contributed by atoms with E-state index in [0.29, 0.717) is 12.7 Å². The van der Waals surface area contributed by atoms with Gasteiger partial charge in [0.1, 0.15) is 5.75 Å². The van der Waals surface area contributed by atoms with Crippen molar-refractivity contribution < 1.29 is 9.47 Å². The molecule has 0 spiro atoms. The Morgan fingerprint density at radius 1 is 1.30 bits per heavy atom. The first-order chi connectivity index (χ1) is 9.74. The highest BCUT2D eigenvalue weighted by molar-refractivity contribution is 5.35. The maximum Gasteiger partial charge on any atom is 0.123 e. The van der Waals surface area contributed by atoms with Crippen LogP contribution >= 0.6 is 0 Å². The van der Waals surface area contributed by atoms with Gasteiger partial charge >= 0.3 is 0 Å². The Kier molecular flexibility index (Phi) is 5.86. The van der Waals surface area contributed by atoms with Gasteiger partial charge in [-0.1, -0.05) is 38.0 Å². The van der Waals surface area contributed by atoms with E-state index in [-0.39, 0.29) is 6.04 Å². The molecule has 2 rings (SSSR count). The van der Waals surface area contributed by atoms with Crippen LogP contribution in [0.15, 0.2) is 24.3 Å². The fourth-order valence-corrected chi connectivity index (χ4v) is 3.05. The van der Waals surface area contributed by atoms with E-state index in [4.69, 9.17) is 9.47 Å². The molecule has 20 heavy (non-hydrogen) atoms. The number of likely N-dealkylation sites (N-methyl/N-ethyl adjacent to an activating group) is 1. The summed E-state index contributed by atoms with van der Waals surface area (Å²) in [5.74, 6) is 1.72. The molecule has 0 amide bonds. The minimum atomic E-state index is 0.184. The van der Waals surface area contributed by atoms with Gasteiger partial charge in [0, 0.05) is 5.56 Å². The molecular formula is C17H27NO2. The van der Waals surface area contributed by atoms with Crippen LogP contribution in [0.5, 0.6) is 5.75 Å². The first kappa shape index (κ1) is 15.3. The van der Waals surface area contributed by atoms with E-state index < -0.39 is 0 Å². The molecule has 3 nitrogen and oxygen atoms in total. The summed E-state index contributed by atoms with van der Waals surface area (Å²) < 4.78 is 11.6. The van der Waals surface area contributed by atoms with Crippen LogP contribution < -0.4 is 10.1 Å². The Morgan fingerprint density at radius 3 is 2.80 bits per heavy atom. The Balaban J connectivity index is 1.95. The van der Waals surface area contributed by atoms with E-state index >= 15 is 0 Å². The van der Waals surface area contributed by atoms with Crippen molar-refractivity contribution in [2.45, 2.75) is 44.8 Å². The summed E-state index contributed by atoms with van der Waals surface area (Å²) in [5, 5.41) is 3.34. The average Bonchev–Trinajstić information content (AvgIpc) is 2.48. The Morgan fingerprint density at radius 2 is 2.10 bits per heavy atom. The zero-order chi connectivity index (χ0) is 14.4. The van der Waals surface area contributed by atoms with Crippen LogP contribution in [-0.4, -0.2) is 26.9 Å². The molecule has 3 unspecified atom stereocenters. The van der Waals surface area contributed by atoms with E-state index in [1.54, 1.807) is 7.11 Å². The van der Waals surface area contributed by atoms with Crippen molar-refractivity contribution in [3.63, 3.8) is 0 Å². The van der Waals surface area contributed by atoms with E-state index in [1.165, 1.54) is 31.2 Å². The van der Waals surface area contributed by atoms with Crippen molar-refractivity contribution in [1.29, 1.82) is 0 Å². The van der Waals surface area contributed by atoms with Crippen LogP contribution in [0.25, 0.3) is 0 Å². The van der Waals surface area contributed by atoms with Crippen molar-refractivity contribution in [3.8, 4) is 5.75 Å². The van der Waals surface area contributed by atoms with Crippen LogP contribution in [0.4, 0.5) is 0 Å². The highest BCUT2D eigenvalue weighted by atomic mass is 16.5. The molecule has 0 aliphatic heterocycles. The Labute approximate surface area is 122 Å². The molecular weight excluding hydrogens is 250 g/mol. The summed E-state index contributed by atoms with van der Waals surface area (Å²) in [6, 6.07) is 8.34. The van der Waals surface area contributed by atoms with Gasteiger partial charge in [0.25, 0.3) is 0 Å². The summed E-state index contributed by atoms with van der Waals surface area (Å²) >= 11 is 0. The highest BCUT2D eigenvalue weighted by Gasteiger charge is 2.21. The molecule has 1 aromatic carbocycles. The molecule has 3 heteroatoms. The predicted molar refractivity (Wildman–Crippen MR) is 82.2 cm³/mol. The molecule has 1 fully saturated rings. The van der Waals surface area contributed by atoms with Gasteiger partial charge < -0.3 is 14.8 Å². The van der Waals surface area contributed by atoms with Crippen LogP contribution in [-0.2, 0) is 4.74 Å². The van der Waals surface area contributed by atoms with Gasteiger partial charge in [0.05, 0.1) is 25.9 Å². The molecule has 1 aliphatic carbocycles. The van der Waals surface area contributed by atoms with Crippen LogP contribution in [0.1, 0.15) is 44.2 Å². The SMILES string of the molecule is CNC(COC1CCCC(C)C1)c1ccccc1OC. The van der Waals surface area contributed by atoms with Crippen molar-refractivity contribution in [2.24, 2.45) is 5.92 Å². The third-order valence-corrected chi connectivity index (χ3v) is 4.25. The minimum absolute atomic E-state index is 0.184. The lowest BCUT2D eigenvalue weighted by molar-refractivity contribution is 0.00462. The lowest BCUT2D eigenvalue weighted by Gasteiger charge is -2.29.